The van der Waals surface area contributed by atoms with Crippen LogP contribution in [0.25, 0.3) is 0 Å². The minimum absolute atomic E-state index is 0.0655. The molecular formula is C14H22F2N2. The van der Waals surface area contributed by atoms with Gasteiger partial charge in [-0.2, -0.15) is 8.78 Å². The Morgan fingerprint density at radius 1 is 1.22 bits per heavy atom. The van der Waals surface area contributed by atoms with Crippen LogP contribution in [0.4, 0.5) is 8.78 Å². The molecule has 0 fully saturated rings. The lowest BCUT2D eigenvalue weighted by atomic mass is 10.1. The molecule has 0 amide bonds. The van der Waals surface area contributed by atoms with Crippen LogP contribution in [-0.2, 0) is 5.92 Å². The molecule has 102 valence electrons. The third-order valence-electron chi connectivity index (χ3n) is 2.69. The van der Waals surface area contributed by atoms with E-state index in [0.717, 1.165) is 0 Å². The lowest BCUT2D eigenvalue weighted by molar-refractivity contribution is -0.0394. The smallest absolute Gasteiger partial charge is 0.285 e. The van der Waals surface area contributed by atoms with Crippen molar-refractivity contribution in [2.75, 3.05) is 26.2 Å². The van der Waals surface area contributed by atoms with Crippen molar-refractivity contribution in [3.8, 4) is 0 Å². The Hall–Kier alpha value is -1.00. The van der Waals surface area contributed by atoms with E-state index in [4.69, 9.17) is 5.73 Å². The van der Waals surface area contributed by atoms with Gasteiger partial charge in [-0.25, -0.2) is 0 Å². The summed E-state index contributed by atoms with van der Waals surface area (Å²) in [6, 6.07) is 7.95. The molecule has 0 saturated heterocycles. The van der Waals surface area contributed by atoms with Gasteiger partial charge in [-0.1, -0.05) is 44.2 Å². The van der Waals surface area contributed by atoms with E-state index in [1.807, 2.05) is 13.8 Å². The standard InChI is InChI=1S/C14H22F2N2/c1-12(2)10-18(9-8-17)11-14(15,16)13-6-4-3-5-7-13/h3-7,12H,8-11,17H2,1-2H3. The van der Waals surface area contributed by atoms with Crippen molar-refractivity contribution < 1.29 is 8.78 Å². The number of halogens is 2. The summed E-state index contributed by atoms with van der Waals surface area (Å²) in [5.41, 5.74) is 5.54. The first-order valence-corrected chi connectivity index (χ1v) is 6.31. The average molecular weight is 256 g/mol. The summed E-state index contributed by atoms with van der Waals surface area (Å²) in [5, 5.41) is 0. The Labute approximate surface area is 108 Å². The summed E-state index contributed by atoms with van der Waals surface area (Å²) in [4.78, 5) is 1.73. The Morgan fingerprint density at radius 3 is 2.33 bits per heavy atom. The molecule has 1 aromatic carbocycles. The number of hydrogen-bond donors (Lipinski definition) is 1. The monoisotopic (exact) mass is 256 g/mol. The number of benzene rings is 1. The lowest BCUT2D eigenvalue weighted by Gasteiger charge is -2.28. The largest absolute Gasteiger partial charge is 0.329 e. The van der Waals surface area contributed by atoms with E-state index >= 15 is 0 Å². The van der Waals surface area contributed by atoms with Gasteiger partial charge in [-0.3, -0.25) is 4.90 Å². The summed E-state index contributed by atoms with van der Waals surface area (Å²) >= 11 is 0. The van der Waals surface area contributed by atoms with Crippen LogP contribution in [0.5, 0.6) is 0 Å². The summed E-state index contributed by atoms with van der Waals surface area (Å²) in [6.45, 7) is 5.30. The fourth-order valence-electron chi connectivity index (χ4n) is 1.99. The summed E-state index contributed by atoms with van der Waals surface area (Å²) in [7, 11) is 0. The Bertz CT molecular complexity index is 339. The SMILES string of the molecule is CC(C)CN(CCN)CC(F)(F)c1ccccc1. The van der Waals surface area contributed by atoms with Gasteiger partial charge in [0.05, 0.1) is 6.54 Å². The van der Waals surface area contributed by atoms with Gasteiger partial charge in [0.1, 0.15) is 0 Å². The van der Waals surface area contributed by atoms with Crippen molar-refractivity contribution in [2.24, 2.45) is 11.7 Å². The molecular weight excluding hydrogens is 234 g/mol. The summed E-state index contributed by atoms with van der Waals surface area (Å²) in [5.74, 6) is -2.48. The molecule has 0 bridgehead atoms. The fourth-order valence-corrected chi connectivity index (χ4v) is 1.99. The van der Waals surface area contributed by atoms with Crippen molar-refractivity contribution in [1.29, 1.82) is 0 Å². The molecule has 2 N–H and O–H groups in total. The van der Waals surface area contributed by atoms with Crippen molar-refractivity contribution in [2.45, 2.75) is 19.8 Å². The quantitative estimate of drug-likeness (QED) is 0.812. The molecule has 1 rings (SSSR count). The molecule has 0 radical (unpaired) electrons. The van der Waals surface area contributed by atoms with Crippen molar-refractivity contribution in [3.05, 3.63) is 35.9 Å². The van der Waals surface area contributed by atoms with Crippen molar-refractivity contribution in [1.82, 2.24) is 4.90 Å². The molecule has 0 aliphatic carbocycles. The van der Waals surface area contributed by atoms with E-state index in [9.17, 15) is 8.78 Å². The van der Waals surface area contributed by atoms with Crippen LogP contribution in [0.15, 0.2) is 30.3 Å². The van der Waals surface area contributed by atoms with Gasteiger partial charge in [0.15, 0.2) is 0 Å². The zero-order valence-corrected chi connectivity index (χ0v) is 11.1. The van der Waals surface area contributed by atoms with Gasteiger partial charge in [0.2, 0.25) is 0 Å². The number of nitrogens with two attached hydrogens (primary N) is 1. The fraction of sp³-hybridized carbons (Fsp3) is 0.571. The van der Waals surface area contributed by atoms with Crippen LogP contribution in [0.1, 0.15) is 19.4 Å². The Morgan fingerprint density at radius 2 is 1.83 bits per heavy atom. The topological polar surface area (TPSA) is 29.3 Å². The summed E-state index contributed by atoms with van der Waals surface area (Å²) < 4.78 is 28.2. The van der Waals surface area contributed by atoms with Gasteiger partial charge in [-0.05, 0) is 5.92 Å². The van der Waals surface area contributed by atoms with Crippen molar-refractivity contribution in [3.63, 3.8) is 0 Å². The zero-order chi connectivity index (χ0) is 13.6. The van der Waals surface area contributed by atoms with Gasteiger partial charge in [0, 0.05) is 25.2 Å². The van der Waals surface area contributed by atoms with Gasteiger partial charge in [0.25, 0.3) is 5.92 Å². The minimum Gasteiger partial charge on any atom is -0.329 e. The second-order valence-corrected chi connectivity index (χ2v) is 4.99. The predicted molar refractivity (Wildman–Crippen MR) is 70.7 cm³/mol. The third kappa shape index (κ3) is 4.70. The molecule has 0 aliphatic rings. The zero-order valence-electron chi connectivity index (χ0n) is 11.1. The maximum absolute atomic E-state index is 14.1. The van der Waals surface area contributed by atoms with Crippen LogP contribution < -0.4 is 5.73 Å². The van der Waals surface area contributed by atoms with E-state index in [1.54, 1.807) is 23.1 Å². The van der Waals surface area contributed by atoms with E-state index in [-0.39, 0.29) is 12.1 Å². The second-order valence-electron chi connectivity index (χ2n) is 4.99. The van der Waals surface area contributed by atoms with Crippen molar-refractivity contribution >= 4 is 0 Å². The average Bonchev–Trinajstić information content (AvgIpc) is 2.29. The van der Waals surface area contributed by atoms with E-state index in [2.05, 4.69) is 0 Å². The first kappa shape index (κ1) is 15.1. The molecule has 0 spiro atoms. The second kappa shape index (κ2) is 6.81. The van der Waals surface area contributed by atoms with Crippen LogP contribution in [0.2, 0.25) is 0 Å². The molecule has 18 heavy (non-hydrogen) atoms. The van der Waals surface area contributed by atoms with Gasteiger partial charge >= 0.3 is 0 Å². The molecule has 2 nitrogen and oxygen atoms in total. The molecule has 0 saturated carbocycles. The normalized spacial score (nSPS) is 12.4. The highest BCUT2D eigenvalue weighted by Crippen LogP contribution is 2.28. The Kier molecular flexibility index (Phi) is 5.69. The highest BCUT2D eigenvalue weighted by Gasteiger charge is 2.33. The van der Waals surface area contributed by atoms with E-state index in [1.165, 1.54) is 12.1 Å². The highest BCUT2D eigenvalue weighted by atomic mass is 19.3. The molecule has 0 heterocycles. The first-order chi connectivity index (χ1) is 8.45. The van der Waals surface area contributed by atoms with Crippen LogP contribution in [0, 0.1) is 5.92 Å². The molecule has 4 heteroatoms. The molecule has 0 unspecified atom stereocenters. The minimum atomic E-state index is -2.83. The van der Waals surface area contributed by atoms with Gasteiger partial charge < -0.3 is 5.73 Å². The molecule has 0 aliphatic heterocycles. The number of rotatable bonds is 7. The van der Waals surface area contributed by atoms with E-state index < -0.39 is 5.92 Å². The number of hydrogen-bond acceptors (Lipinski definition) is 2. The predicted octanol–water partition coefficient (Wildman–Crippen LogP) is 2.70. The van der Waals surface area contributed by atoms with Crippen LogP contribution >= 0.6 is 0 Å². The molecule has 0 aromatic heterocycles. The van der Waals surface area contributed by atoms with Gasteiger partial charge in [-0.15, -0.1) is 0 Å². The number of alkyl halides is 2. The number of nitrogens with zero attached hydrogens (tertiary/aromatic N) is 1. The van der Waals surface area contributed by atoms with Crippen LogP contribution in [0.3, 0.4) is 0 Å². The summed E-state index contributed by atoms with van der Waals surface area (Å²) in [6.07, 6.45) is 0. The maximum Gasteiger partial charge on any atom is 0.285 e. The lowest BCUT2D eigenvalue weighted by Crippen LogP contribution is -2.40. The third-order valence-corrected chi connectivity index (χ3v) is 2.69. The van der Waals surface area contributed by atoms with E-state index in [0.29, 0.717) is 25.6 Å². The Balaban J connectivity index is 2.72. The molecule has 1 aromatic rings. The highest BCUT2D eigenvalue weighted by molar-refractivity contribution is 5.20. The molecule has 0 atom stereocenters. The maximum atomic E-state index is 14.1. The first-order valence-electron chi connectivity index (χ1n) is 6.31. The van der Waals surface area contributed by atoms with Crippen LogP contribution in [-0.4, -0.2) is 31.1 Å².